The Hall–Kier alpha value is -1.93. The fourth-order valence-corrected chi connectivity index (χ4v) is 2.49. The number of carbonyl (C=O) groups excluding carboxylic acids is 1. The number of carbonyl (C=O) groups is 1. The molecule has 0 aromatic carbocycles. The molecule has 0 unspecified atom stereocenters. The molecule has 7 nitrogen and oxygen atoms in total. The molecule has 1 aliphatic rings. The van der Waals surface area contributed by atoms with Crippen LogP contribution >= 0.6 is 11.3 Å². The van der Waals surface area contributed by atoms with Gasteiger partial charge in [-0.25, -0.2) is 10.8 Å². The second-order valence-corrected chi connectivity index (χ2v) is 5.27. The summed E-state index contributed by atoms with van der Waals surface area (Å²) in [6, 6.07) is 2.28. The van der Waals surface area contributed by atoms with E-state index in [4.69, 9.17) is 5.84 Å². The van der Waals surface area contributed by atoms with Gasteiger partial charge in [0.05, 0.1) is 11.9 Å². The number of hydrazine groups is 1. The summed E-state index contributed by atoms with van der Waals surface area (Å²) >= 11 is 1.50. The van der Waals surface area contributed by atoms with Crippen LogP contribution in [-0.2, 0) is 4.79 Å². The molecular weight excluding hydrogens is 264 g/mol. The SMILES string of the molecule is NNc1nc(NCC(=O)NC2CC2)c2ccsc2n1. The standard InChI is InChI=1S/C11H14N6OS/c12-17-11-15-9(7-3-4-19-10(7)16-11)13-5-8(18)14-6-1-2-6/h3-4,6H,1-2,5,12H2,(H,14,18)(H2,13,15,16,17). The number of hydrogen-bond acceptors (Lipinski definition) is 7. The van der Waals surface area contributed by atoms with Crippen LogP contribution in [0.25, 0.3) is 10.2 Å². The number of anilines is 2. The predicted octanol–water partition coefficient (Wildman–Crippen LogP) is 0.667. The van der Waals surface area contributed by atoms with Gasteiger partial charge < -0.3 is 10.6 Å². The van der Waals surface area contributed by atoms with Crippen LogP contribution in [0.1, 0.15) is 12.8 Å². The van der Waals surface area contributed by atoms with E-state index in [0.717, 1.165) is 23.1 Å². The summed E-state index contributed by atoms with van der Waals surface area (Å²) in [5.41, 5.74) is 2.42. The van der Waals surface area contributed by atoms with E-state index in [-0.39, 0.29) is 12.5 Å². The van der Waals surface area contributed by atoms with E-state index in [2.05, 4.69) is 26.0 Å². The molecule has 5 N–H and O–H groups in total. The summed E-state index contributed by atoms with van der Waals surface area (Å²) in [7, 11) is 0. The fraction of sp³-hybridized carbons (Fsp3) is 0.364. The van der Waals surface area contributed by atoms with Crippen molar-refractivity contribution in [1.29, 1.82) is 0 Å². The van der Waals surface area contributed by atoms with Gasteiger partial charge in [0.2, 0.25) is 11.9 Å². The van der Waals surface area contributed by atoms with Gasteiger partial charge in [-0.15, -0.1) is 11.3 Å². The van der Waals surface area contributed by atoms with Crippen molar-refractivity contribution in [1.82, 2.24) is 15.3 Å². The maximum atomic E-state index is 11.6. The van der Waals surface area contributed by atoms with Gasteiger partial charge in [-0.05, 0) is 24.3 Å². The van der Waals surface area contributed by atoms with Gasteiger partial charge in [0.1, 0.15) is 10.6 Å². The molecule has 2 aromatic heterocycles. The second kappa shape index (κ2) is 4.98. The quantitative estimate of drug-likeness (QED) is 0.473. The molecule has 19 heavy (non-hydrogen) atoms. The third kappa shape index (κ3) is 2.74. The summed E-state index contributed by atoms with van der Waals surface area (Å²) in [5.74, 6) is 6.26. The first-order valence-electron chi connectivity index (χ1n) is 6.01. The van der Waals surface area contributed by atoms with E-state index in [1.54, 1.807) is 0 Å². The summed E-state index contributed by atoms with van der Waals surface area (Å²) in [4.78, 5) is 20.9. The van der Waals surface area contributed by atoms with Crippen LogP contribution in [-0.4, -0.2) is 28.5 Å². The number of hydrogen-bond donors (Lipinski definition) is 4. The highest BCUT2D eigenvalue weighted by Gasteiger charge is 2.23. The Morgan fingerprint density at radius 2 is 2.32 bits per heavy atom. The number of nitrogens with one attached hydrogen (secondary N) is 3. The predicted molar refractivity (Wildman–Crippen MR) is 74.9 cm³/mol. The van der Waals surface area contributed by atoms with Gasteiger partial charge in [0, 0.05) is 6.04 Å². The number of rotatable bonds is 5. The van der Waals surface area contributed by atoms with Gasteiger partial charge >= 0.3 is 0 Å². The van der Waals surface area contributed by atoms with E-state index in [9.17, 15) is 4.79 Å². The number of nitrogen functional groups attached to an aromatic ring is 1. The lowest BCUT2D eigenvalue weighted by atomic mass is 10.3. The lowest BCUT2D eigenvalue weighted by Crippen LogP contribution is -2.31. The first-order chi connectivity index (χ1) is 9.26. The zero-order chi connectivity index (χ0) is 13.2. The average Bonchev–Trinajstić information content (AvgIpc) is 3.09. The summed E-state index contributed by atoms with van der Waals surface area (Å²) in [5, 5.41) is 8.76. The zero-order valence-electron chi connectivity index (χ0n) is 10.1. The molecule has 1 amide bonds. The van der Waals surface area contributed by atoms with E-state index in [0.29, 0.717) is 17.8 Å². The molecule has 100 valence electrons. The fourth-order valence-electron chi connectivity index (χ4n) is 1.73. The first kappa shape index (κ1) is 12.1. The van der Waals surface area contributed by atoms with Crippen LogP contribution in [0.2, 0.25) is 0 Å². The van der Waals surface area contributed by atoms with Crippen LogP contribution in [0.4, 0.5) is 11.8 Å². The monoisotopic (exact) mass is 278 g/mol. The van der Waals surface area contributed by atoms with Gasteiger partial charge in [0.25, 0.3) is 0 Å². The van der Waals surface area contributed by atoms with Gasteiger partial charge in [-0.1, -0.05) is 0 Å². The number of thiophene rings is 1. The number of nitrogens with two attached hydrogens (primary N) is 1. The molecule has 1 aliphatic carbocycles. The van der Waals surface area contributed by atoms with Gasteiger partial charge in [-0.2, -0.15) is 4.98 Å². The minimum Gasteiger partial charge on any atom is -0.360 e. The molecule has 8 heteroatoms. The van der Waals surface area contributed by atoms with Crippen molar-refractivity contribution in [3.05, 3.63) is 11.4 Å². The van der Waals surface area contributed by atoms with Crippen molar-refractivity contribution in [2.45, 2.75) is 18.9 Å². The molecule has 0 radical (unpaired) electrons. The van der Waals surface area contributed by atoms with Crippen molar-refractivity contribution in [2.24, 2.45) is 5.84 Å². The molecule has 2 heterocycles. The van der Waals surface area contributed by atoms with Crippen molar-refractivity contribution in [3.63, 3.8) is 0 Å². The minimum atomic E-state index is -0.0215. The van der Waals surface area contributed by atoms with Crippen LogP contribution in [0.5, 0.6) is 0 Å². The Labute approximate surface area is 113 Å². The summed E-state index contributed by atoms with van der Waals surface area (Å²) in [6.45, 7) is 0.197. The van der Waals surface area contributed by atoms with Gasteiger partial charge in [0.15, 0.2) is 0 Å². The van der Waals surface area contributed by atoms with Crippen LogP contribution in [0, 0.1) is 0 Å². The number of nitrogens with zero attached hydrogens (tertiary/aromatic N) is 2. The van der Waals surface area contributed by atoms with Crippen molar-refractivity contribution in [2.75, 3.05) is 17.3 Å². The lowest BCUT2D eigenvalue weighted by molar-refractivity contribution is -0.119. The molecule has 0 bridgehead atoms. The molecule has 0 spiro atoms. The van der Waals surface area contributed by atoms with E-state index < -0.39 is 0 Å². The summed E-state index contributed by atoms with van der Waals surface area (Å²) < 4.78 is 0. The maximum Gasteiger partial charge on any atom is 0.240 e. The van der Waals surface area contributed by atoms with Crippen molar-refractivity contribution < 1.29 is 4.79 Å². The summed E-state index contributed by atoms with van der Waals surface area (Å²) in [6.07, 6.45) is 2.16. The lowest BCUT2D eigenvalue weighted by Gasteiger charge is -2.08. The molecule has 0 saturated heterocycles. The van der Waals surface area contributed by atoms with E-state index >= 15 is 0 Å². The number of aromatic nitrogens is 2. The van der Waals surface area contributed by atoms with Crippen LogP contribution in [0.15, 0.2) is 11.4 Å². The highest BCUT2D eigenvalue weighted by Crippen LogP contribution is 2.26. The smallest absolute Gasteiger partial charge is 0.240 e. The second-order valence-electron chi connectivity index (χ2n) is 4.37. The number of amides is 1. The highest BCUT2D eigenvalue weighted by molar-refractivity contribution is 7.16. The Bertz CT molecular complexity index is 608. The molecule has 1 fully saturated rings. The molecule has 2 aromatic rings. The molecule has 0 atom stereocenters. The van der Waals surface area contributed by atoms with E-state index in [1.807, 2.05) is 11.4 Å². The first-order valence-corrected chi connectivity index (χ1v) is 6.89. The van der Waals surface area contributed by atoms with E-state index in [1.165, 1.54) is 11.3 Å². The Kier molecular flexibility index (Phi) is 3.18. The molecule has 3 rings (SSSR count). The Morgan fingerprint density at radius 1 is 1.47 bits per heavy atom. The third-order valence-corrected chi connectivity index (χ3v) is 3.62. The molecular formula is C11H14N6OS. The van der Waals surface area contributed by atoms with Crippen LogP contribution in [0.3, 0.4) is 0 Å². The third-order valence-electron chi connectivity index (χ3n) is 2.81. The largest absolute Gasteiger partial charge is 0.360 e. The highest BCUT2D eigenvalue weighted by atomic mass is 32.1. The van der Waals surface area contributed by atoms with Crippen molar-refractivity contribution in [3.8, 4) is 0 Å². The molecule has 0 aliphatic heterocycles. The zero-order valence-corrected chi connectivity index (χ0v) is 11.0. The normalized spacial score (nSPS) is 14.4. The average molecular weight is 278 g/mol. The Balaban J connectivity index is 1.74. The Morgan fingerprint density at radius 3 is 3.05 bits per heavy atom. The molecule has 1 saturated carbocycles. The minimum absolute atomic E-state index is 0.0215. The number of fused-ring (bicyclic) bond motifs is 1. The van der Waals surface area contributed by atoms with Gasteiger partial charge in [-0.3, -0.25) is 10.2 Å². The van der Waals surface area contributed by atoms with Crippen LogP contribution < -0.4 is 21.9 Å². The topological polar surface area (TPSA) is 105 Å². The van der Waals surface area contributed by atoms with Crippen molar-refractivity contribution >= 4 is 39.2 Å². The maximum absolute atomic E-state index is 11.6.